The fraction of sp³-hybridized carbons (Fsp3) is 0.400. The highest BCUT2D eigenvalue weighted by molar-refractivity contribution is 6.30. The van der Waals surface area contributed by atoms with Crippen LogP contribution in [0.3, 0.4) is 0 Å². The van der Waals surface area contributed by atoms with Gasteiger partial charge in [-0.25, -0.2) is 0 Å². The molecule has 0 aliphatic carbocycles. The zero-order valence-corrected chi connectivity index (χ0v) is 11.9. The Bertz CT molecular complexity index is 572. The minimum Gasteiger partial charge on any atom is -0.312 e. The van der Waals surface area contributed by atoms with Crippen LogP contribution in [0.2, 0.25) is 5.02 Å². The van der Waals surface area contributed by atoms with E-state index in [4.69, 9.17) is 11.6 Å². The molecule has 19 heavy (non-hydrogen) atoms. The number of halogens is 1. The van der Waals surface area contributed by atoms with Crippen LogP contribution >= 0.6 is 11.6 Å². The van der Waals surface area contributed by atoms with E-state index >= 15 is 0 Å². The van der Waals surface area contributed by atoms with Crippen molar-refractivity contribution in [2.45, 2.75) is 32.9 Å². The molecule has 100 valence electrons. The van der Waals surface area contributed by atoms with Crippen LogP contribution in [0.5, 0.6) is 0 Å². The van der Waals surface area contributed by atoms with Crippen molar-refractivity contribution in [2.24, 2.45) is 0 Å². The molecular weight excluding hydrogens is 258 g/mol. The Morgan fingerprint density at radius 2 is 2.11 bits per heavy atom. The molecule has 0 amide bonds. The third-order valence-electron chi connectivity index (χ3n) is 3.73. The van der Waals surface area contributed by atoms with Crippen LogP contribution in [0.15, 0.2) is 24.3 Å². The summed E-state index contributed by atoms with van der Waals surface area (Å²) in [5.74, 6) is 0. The van der Waals surface area contributed by atoms with Gasteiger partial charge in [-0.3, -0.25) is 4.68 Å². The Morgan fingerprint density at radius 3 is 2.89 bits per heavy atom. The number of fused-ring (bicyclic) bond motifs is 1. The first kappa shape index (κ1) is 12.7. The van der Waals surface area contributed by atoms with E-state index in [-0.39, 0.29) is 0 Å². The molecule has 1 aromatic heterocycles. The van der Waals surface area contributed by atoms with Crippen molar-refractivity contribution in [3.63, 3.8) is 0 Å². The number of nitrogens with one attached hydrogen (secondary N) is 1. The Hall–Kier alpha value is -1.32. The zero-order chi connectivity index (χ0) is 13.2. The summed E-state index contributed by atoms with van der Waals surface area (Å²) in [5, 5.41) is 8.88. The third-order valence-corrected chi connectivity index (χ3v) is 3.99. The Balaban J connectivity index is 1.75. The Labute approximate surface area is 118 Å². The van der Waals surface area contributed by atoms with Crippen molar-refractivity contribution in [2.75, 3.05) is 6.54 Å². The molecule has 0 fully saturated rings. The standard InChI is InChI=1S/C15H18ClN3/c1-11-14-10-17-8-6-15(14)19(18-11)9-7-12-2-4-13(16)5-3-12/h2-5,17H,6-10H2,1H3. The highest BCUT2D eigenvalue weighted by Crippen LogP contribution is 2.18. The number of aryl methyl sites for hydroxylation is 3. The van der Waals surface area contributed by atoms with E-state index in [2.05, 4.69) is 34.2 Å². The van der Waals surface area contributed by atoms with Crippen molar-refractivity contribution in [3.05, 3.63) is 51.8 Å². The van der Waals surface area contributed by atoms with E-state index in [0.717, 1.165) is 37.5 Å². The molecule has 0 saturated carbocycles. The van der Waals surface area contributed by atoms with Crippen molar-refractivity contribution < 1.29 is 0 Å². The van der Waals surface area contributed by atoms with Crippen LogP contribution in [0.25, 0.3) is 0 Å². The Morgan fingerprint density at radius 1 is 1.32 bits per heavy atom. The van der Waals surface area contributed by atoms with Gasteiger partial charge in [-0.2, -0.15) is 5.10 Å². The molecule has 3 rings (SSSR count). The molecule has 3 nitrogen and oxygen atoms in total. The number of rotatable bonds is 3. The predicted molar refractivity (Wildman–Crippen MR) is 77.5 cm³/mol. The largest absolute Gasteiger partial charge is 0.312 e. The van der Waals surface area contributed by atoms with Gasteiger partial charge < -0.3 is 5.32 Å². The zero-order valence-electron chi connectivity index (χ0n) is 11.1. The van der Waals surface area contributed by atoms with Crippen LogP contribution in [-0.2, 0) is 25.9 Å². The monoisotopic (exact) mass is 275 g/mol. The topological polar surface area (TPSA) is 29.9 Å². The molecule has 0 radical (unpaired) electrons. The van der Waals surface area contributed by atoms with Crippen molar-refractivity contribution >= 4 is 11.6 Å². The molecule has 0 bridgehead atoms. The third kappa shape index (κ3) is 2.67. The number of benzene rings is 1. The van der Waals surface area contributed by atoms with Crippen LogP contribution in [0.1, 0.15) is 22.5 Å². The lowest BCUT2D eigenvalue weighted by Gasteiger charge is -2.15. The first-order chi connectivity index (χ1) is 9.24. The van der Waals surface area contributed by atoms with Gasteiger partial charge in [0.05, 0.1) is 5.69 Å². The highest BCUT2D eigenvalue weighted by atomic mass is 35.5. The number of nitrogens with zero attached hydrogens (tertiary/aromatic N) is 2. The predicted octanol–water partition coefficient (Wildman–Crippen LogP) is 2.73. The van der Waals surface area contributed by atoms with Crippen molar-refractivity contribution in [3.8, 4) is 0 Å². The Kier molecular flexibility index (Phi) is 3.58. The van der Waals surface area contributed by atoms with Gasteiger partial charge in [-0.05, 0) is 31.0 Å². The quantitative estimate of drug-likeness (QED) is 0.933. The first-order valence-corrected chi connectivity index (χ1v) is 7.12. The smallest absolute Gasteiger partial charge is 0.0641 e. The number of hydrogen-bond acceptors (Lipinski definition) is 2. The molecule has 0 atom stereocenters. The van der Waals surface area contributed by atoms with E-state index in [1.165, 1.54) is 22.5 Å². The summed E-state index contributed by atoms with van der Waals surface area (Å²) in [6.45, 7) is 5.06. The summed E-state index contributed by atoms with van der Waals surface area (Å²) < 4.78 is 2.18. The lowest BCUT2D eigenvalue weighted by molar-refractivity contribution is 0.550. The first-order valence-electron chi connectivity index (χ1n) is 6.74. The maximum absolute atomic E-state index is 5.90. The molecule has 0 unspecified atom stereocenters. The van der Waals surface area contributed by atoms with Crippen molar-refractivity contribution in [1.82, 2.24) is 15.1 Å². The van der Waals surface area contributed by atoms with Crippen molar-refractivity contribution in [1.29, 1.82) is 0 Å². The fourth-order valence-corrected chi connectivity index (χ4v) is 2.79. The van der Waals surface area contributed by atoms with Gasteiger partial charge >= 0.3 is 0 Å². The summed E-state index contributed by atoms with van der Waals surface area (Å²) in [7, 11) is 0. The molecular formula is C15H18ClN3. The van der Waals surface area contributed by atoms with Gasteiger partial charge in [0.2, 0.25) is 0 Å². The minimum absolute atomic E-state index is 0.794. The van der Waals surface area contributed by atoms with E-state index in [1.54, 1.807) is 0 Å². The van der Waals surface area contributed by atoms with Gasteiger partial charge in [-0.15, -0.1) is 0 Å². The van der Waals surface area contributed by atoms with E-state index in [0.29, 0.717) is 0 Å². The second-order valence-corrected chi connectivity index (χ2v) is 5.47. The van der Waals surface area contributed by atoms with Crippen LogP contribution < -0.4 is 5.32 Å². The van der Waals surface area contributed by atoms with E-state index in [1.807, 2.05) is 12.1 Å². The van der Waals surface area contributed by atoms with Gasteiger partial charge in [0.25, 0.3) is 0 Å². The second-order valence-electron chi connectivity index (χ2n) is 5.04. The van der Waals surface area contributed by atoms with Crippen LogP contribution in [0.4, 0.5) is 0 Å². The molecule has 2 aromatic rings. The second kappa shape index (κ2) is 5.35. The molecule has 0 spiro atoms. The van der Waals surface area contributed by atoms with Gasteiger partial charge in [0, 0.05) is 42.3 Å². The lowest BCUT2D eigenvalue weighted by atomic mass is 10.1. The summed E-state index contributed by atoms with van der Waals surface area (Å²) in [4.78, 5) is 0. The lowest BCUT2D eigenvalue weighted by Crippen LogP contribution is -2.25. The number of hydrogen-bond donors (Lipinski definition) is 1. The summed E-state index contributed by atoms with van der Waals surface area (Å²) >= 11 is 5.90. The van der Waals surface area contributed by atoms with E-state index < -0.39 is 0 Å². The van der Waals surface area contributed by atoms with Crippen LogP contribution in [0, 0.1) is 6.92 Å². The molecule has 1 aliphatic rings. The molecule has 0 saturated heterocycles. The molecule has 1 aromatic carbocycles. The average molecular weight is 276 g/mol. The maximum atomic E-state index is 5.90. The van der Waals surface area contributed by atoms with Gasteiger partial charge in [0.1, 0.15) is 0 Å². The normalized spacial score (nSPS) is 14.4. The molecule has 1 aliphatic heterocycles. The van der Waals surface area contributed by atoms with Crippen LogP contribution in [-0.4, -0.2) is 16.3 Å². The fourth-order valence-electron chi connectivity index (χ4n) is 2.67. The number of aromatic nitrogens is 2. The summed E-state index contributed by atoms with van der Waals surface area (Å²) in [6.07, 6.45) is 2.08. The van der Waals surface area contributed by atoms with Gasteiger partial charge in [-0.1, -0.05) is 23.7 Å². The molecule has 1 N–H and O–H groups in total. The SMILES string of the molecule is Cc1nn(CCc2ccc(Cl)cc2)c2c1CNCC2. The highest BCUT2D eigenvalue weighted by Gasteiger charge is 2.17. The maximum Gasteiger partial charge on any atom is 0.0641 e. The molecule has 4 heteroatoms. The minimum atomic E-state index is 0.794. The average Bonchev–Trinajstić information content (AvgIpc) is 2.76. The van der Waals surface area contributed by atoms with Gasteiger partial charge in [0.15, 0.2) is 0 Å². The summed E-state index contributed by atoms with van der Waals surface area (Å²) in [5.41, 5.74) is 5.27. The summed E-state index contributed by atoms with van der Waals surface area (Å²) in [6, 6.07) is 8.08. The van der Waals surface area contributed by atoms with E-state index in [9.17, 15) is 0 Å². The molecule has 2 heterocycles.